The Morgan fingerprint density at radius 1 is 1.52 bits per heavy atom. The lowest BCUT2D eigenvalue weighted by Gasteiger charge is -2.08. The third-order valence-corrected chi connectivity index (χ3v) is 4.26. The largest absolute Gasteiger partial charge is 0.480 e. The van der Waals surface area contributed by atoms with Crippen molar-refractivity contribution < 1.29 is 24.1 Å². The van der Waals surface area contributed by atoms with Gasteiger partial charge >= 0.3 is 5.97 Å². The van der Waals surface area contributed by atoms with Crippen LogP contribution in [0.25, 0.3) is 0 Å². The van der Waals surface area contributed by atoms with Gasteiger partial charge in [0, 0.05) is 5.69 Å². The molecule has 122 valence electrons. The predicted molar refractivity (Wildman–Crippen MR) is 83.3 cm³/mol. The molecule has 0 aliphatic carbocycles. The average Bonchev–Trinajstić information content (AvgIpc) is 2.96. The van der Waals surface area contributed by atoms with Gasteiger partial charge in [-0.05, 0) is 51.4 Å². The van der Waals surface area contributed by atoms with Crippen LogP contribution in [-0.2, 0) is 4.79 Å². The first kappa shape index (κ1) is 17.2. The van der Waals surface area contributed by atoms with Crippen molar-refractivity contribution in [1.82, 2.24) is 10.3 Å². The molecule has 11 heteroatoms. The first-order chi connectivity index (χ1) is 10.9. The molecule has 8 nitrogen and oxygen atoms in total. The molecular formula is C12H10BrFN4O4S. The van der Waals surface area contributed by atoms with Crippen LogP contribution in [0.2, 0.25) is 0 Å². The number of aliphatic carboxylic acids is 1. The SMILES string of the molecule is CC(Sc1nonc1/C(=N/O)Nc1ccc(F)c(Br)c1)C(=O)O. The molecule has 0 radical (unpaired) electrons. The van der Waals surface area contributed by atoms with Gasteiger partial charge in [0.15, 0.2) is 10.7 Å². The monoisotopic (exact) mass is 404 g/mol. The molecular weight excluding hydrogens is 395 g/mol. The summed E-state index contributed by atoms with van der Waals surface area (Å²) >= 11 is 3.91. The molecule has 3 N–H and O–H groups in total. The van der Waals surface area contributed by atoms with Crippen molar-refractivity contribution in [3.8, 4) is 0 Å². The van der Waals surface area contributed by atoms with E-state index in [-0.39, 0.29) is 21.0 Å². The molecule has 2 aromatic rings. The number of hydrogen-bond donors (Lipinski definition) is 3. The Labute approximate surface area is 141 Å². The molecule has 23 heavy (non-hydrogen) atoms. The summed E-state index contributed by atoms with van der Waals surface area (Å²) in [5.74, 6) is -1.61. The second-order valence-electron chi connectivity index (χ2n) is 4.22. The van der Waals surface area contributed by atoms with E-state index in [1.54, 1.807) is 0 Å². The zero-order valence-electron chi connectivity index (χ0n) is 11.5. The molecule has 0 bridgehead atoms. The highest BCUT2D eigenvalue weighted by Crippen LogP contribution is 2.26. The molecule has 0 saturated carbocycles. The van der Waals surface area contributed by atoms with Gasteiger partial charge < -0.3 is 15.6 Å². The summed E-state index contributed by atoms with van der Waals surface area (Å²) in [5.41, 5.74) is 0.447. The number of benzene rings is 1. The lowest BCUT2D eigenvalue weighted by atomic mass is 10.3. The Morgan fingerprint density at radius 2 is 2.26 bits per heavy atom. The lowest BCUT2D eigenvalue weighted by molar-refractivity contribution is -0.136. The molecule has 2 rings (SSSR count). The summed E-state index contributed by atoms with van der Waals surface area (Å²) in [5, 5.41) is 30.4. The van der Waals surface area contributed by atoms with Gasteiger partial charge in [0.05, 0.1) is 4.47 Å². The van der Waals surface area contributed by atoms with Crippen LogP contribution in [0.15, 0.2) is 37.5 Å². The number of aromatic nitrogens is 2. The number of nitrogens with zero attached hydrogens (tertiary/aromatic N) is 3. The maximum absolute atomic E-state index is 13.2. The van der Waals surface area contributed by atoms with Crippen molar-refractivity contribution in [2.75, 3.05) is 5.32 Å². The topological polar surface area (TPSA) is 121 Å². The third kappa shape index (κ3) is 4.20. The number of carboxylic acids is 1. The Morgan fingerprint density at radius 3 is 2.87 bits per heavy atom. The molecule has 1 aromatic carbocycles. The summed E-state index contributed by atoms with van der Waals surface area (Å²) in [6, 6.07) is 4.07. The van der Waals surface area contributed by atoms with E-state index in [1.165, 1.54) is 25.1 Å². The summed E-state index contributed by atoms with van der Waals surface area (Å²) in [7, 11) is 0. The highest BCUT2D eigenvalue weighted by atomic mass is 79.9. The van der Waals surface area contributed by atoms with Crippen LogP contribution in [0.4, 0.5) is 10.1 Å². The standard InChI is InChI=1S/C12H10BrFN4O4S/c1-5(12(19)20)23-11-9(17-22-18-11)10(16-21)15-6-2-3-8(14)7(13)4-6/h2-5,21H,1H3,(H,15,16)(H,19,20). The molecule has 0 saturated heterocycles. The number of hydrogen-bond acceptors (Lipinski definition) is 7. The third-order valence-electron chi connectivity index (χ3n) is 2.60. The smallest absolute Gasteiger partial charge is 0.316 e. The Hall–Kier alpha value is -2.14. The lowest BCUT2D eigenvalue weighted by Crippen LogP contribution is -2.17. The molecule has 1 atom stereocenters. The number of carbonyl (C=O) groups is 1. The second kappa shape index (κ2) is 7.42. The maximum Gasteiger partial charge on any atom is 0.316 e. The zero-order valence-corrected chi connectivity index (χ0v) is 13.9. The van der Waals surface area contributed by atoms with Crippen molar-refractivity contribution in [3.05, 3.63) is 34.2 Å². The normalized spacial score (nSPS) is 12.9. The maximum atomic E-state index is 13.2. The fraction of sp³-hybridized carbons (Fsp3) is 0.167. The number of rotatable bonds is 5. The van der Waals surface area contributed by atoms with Gasteiger partial charge in [0.1, 0.15) is 11.1 Å². The molecule has 1 aromatic heterocycles. The van der Waals surface area contributed by atoms with Crippen LogP contribution in [-0.4, -0.2) is 37.7 Å². The van der Waals surface area contributed by atoms with Gasteiger partial charge in [-0.3, -0.25) is 4.79 Å². The summed E-state index contributed by atoms with van der Waals surface area (Å²) < 4.78 is 18.0. The highest BCUT2D eigenvalue weighted by molar-refractivity contribution is 9.10. The summed E-state index contributed by atoms with van der Waals surface area (Å²) in [6.45, 7) is 1.46. The van der Waals surface area contributed by atoms with Crippen molar-refractivity contribution in [2.24, 2.45) is 5.16 Å². The number of thioether (sulfide) groups is 1. The van der Waals surface area contributed by atoms with E-state index in [1.807, 2.05) is 0 Å². The first-order valence-electron chi connectivity index (χ1n) is 6.09. The van der Waals surface area contributed by atoms with Crippen molar-refractivity contribution in [1.29, 1.82) is 0 Å². The van der Waals surface area contributed by atoms with Crippen LogP contribution in [0.3, 0.4) is 0 Å². The summed E-state index contributed by atoms with van der Waals surface area (Å²) in [6.07, 6.45) is 0. The number of halogens is 2. The van der Waals surface area contributed by atoms with E-state index >= 15 is 0 Å². The van der Waals surface area contributed by atoms with Gasteiger partial charge in [0.2, 0.25) is 5.84 Å². The molecule has 0 aliphatic rings. The highest BCUT2D eigenvalue weighted by Gasteiger charge is 2.23. The van der Waals surface area contributed by atoms with Crippen LogP contribution in [0, 0.1) is 5.82 Å². The predicted octanol–water partition coefficient (Wildman–Crippen LogP) is 2.78. The van der Waals surface area contributed by atoms with Gasteiger partial charge in [0.25, 0.3) is 0 Å². The average molecular weight is 405 g/mol. The van der Waals surface area contributed by atoms with Crippen molar-refractivity contribution >= 4 is 45.2 Å². The molecule has 0 spiro atoms. The molecule has 0 fully saturated rings. The molecule has 0 amide bonds. The number of amidine groups is 1. The van der Waals surface area contributed by atoms with Gasteiger partial charge in [-0.1, -0.05) is 16.9 Å². The number of nitrogens with one attached hydrogen (secondary N) is 1. The second-order valence-corrected chi connectivity index (χ2v) is 6.40. The fourth-order valence-corrected chi connectivity index (χ4v) is 2.60. The number of oxime groups is 1. The van der Waals surface area contributed by atoms with Crippen LogP contribution >= 0.6 is 27.7 Å². The Bertz CT molecular complexity index is 754. The Kier molecular flexibility index (Phi) is 5.55. The minimum Gasteiger partial charge on any atom is -0.480 e. The zero-order chi connectivity index (χ0) is 17.0. The van der Waals surface area contributed by atoms with Crippen LogP contribution < -0.4 is 5.32 Å². The first-order valence-corrected chi connectivity index (χ1v) is 7.76. The van der Waals surface area contributed by atoms with Crippen LogP contribution in [0.5, 0.6) is 0 Å². The Balaban J connectivity index is 2.23. The van der Waals surface area contributed by atoms with E-state index < -0.39 is 17.0 Å². The molecule has 1 unspecified atom stereocenters. The van der Waals surface area contributed by atoms with E-state index in [0.29, 0.717) is 5.69 Å². The summed E-state index contributed by atoms with van der Waals surface area (Å²) in [4.78, 5) is 10.9. The fourth-order valence-electron chi connectivity index (χ4n) is 1.46. The molecule has 0 aliphatic heterocycles. The minimum absolute atomic E-state index is 0.0334. The van der Waals surface area contributed by atoms with Gasteiger partial charge in [-0.2, -0.15) is 0 Å². The van der Waals surface area contributed by atoms with Gasteiger partial charge in [-0.15, -0.1) is 0 Å². The van der Waals surface area contributed by atoms with E-state index in [0.717, 1.165) is 11.8 Å². The van der Waals surface area contributed by atoms with E-state index in [2.05, 4.69) is 41.3 Å². The van der Waals surface area contributed by atoms with Crippen molar-refractivity contribution in [2.45, 2.75) is 17.2 Å². The quantitative estimate of drug-likeness (QED) is 0.228. The minimum atomic E-state index is -1.04. The van der Waals surface area contributed by atoms with Gasteiger partial charge in [-0.25, -0.2) is 9.02 Å². The molecule has 1 heterocycles. The van der Waals surface area contributed by atoms with Crippen molar-refractivity contribution in [3.63, 3.8) is 0 Å². The van der Waals surface area contributed by atoms with Crippen LogP contribution in [0.1, 0.15) is 12.6 Å². The number of anilines is 1. The number of carboxylic acid groups (broad SMARTS) is 1. The van der Waals surface area contributed by atoms with E-state index in [4.69, 9.17) is 10.3 Å². The van der Waals surface area contributed by atoms with E-state index in [9.17, 15) is 9.18 Å².